The van der Waals surface area contributed by atoms with Crippen LogP contribution >= 0.6 is 11.6 Å². The van der Waals surface area contributed by atoms with Gasteiger partial charge in [-0.3, -0.25) is 0 Å². The van der Waals surface area contributed by atoms with Gasteiger partial charge in [-0.15, -0.1) is 0 Å². The number of aromatic carboxylic acids is 1. The van der Waals surface area contributed by atoms with E-state index in [0.717, 1.165) is 12.8 Å². The molecule has 0 aromatic carbocycles. The van der Waals surface area contributed by atoms with Gasteiger partial charge in [-0.2, -0.15) is 0 Å². The fourth-order valence-electron chi connectivity index (χ4n) is 2.04. The first kappa shape index (κ1) is 14.8. The van der Waals surface area contributed by atoms with E-state index in [0.29, 0.717) is 11.7 Å². The van der Waals surface area contributed by atoms with Crippen LogP contribution in [0, 0.1) is 5.92 Å². The van der Waals surface area contributed by atoms with Gasteiger partial charge >= 0.3 is 5.97 Å². The van der Waals surface area contributed by atoms with Gasteiger partial charge in [0.1, 0.15) is 5.82 Å². The number of nitrogens with zero attached hydrogens (tertiary/aromatic N) is 1. The molecule has 4 nitrogen and oxygen atoms in total. The molecule has 5 heteroatoms. The molecule has 18 heavy (non-hydrogen) atoms. The highest BCUT2D eigenvalue weighted by Crippen LogP contribution is 2.26. The van der Waals surface area contributed by atoms with E-state index < -0.39 is 5.97 Å². The summed E-state index contributed by atoms with van der Waals surface area (Å²) in [5.74, 6) is -0.0899. The molecule has 0 bridgehead atoms. The number of carboxylic acids is 1. The number of aromatic nitrogens is 1. The third-order valence-corrected chi connectivity index (χ3v) is 3.62. The largest absolute Gasteiger partial charge is 0.478 e. The summed E-state index contributed by atoms with van der Waals surface area (Å²) in [5, 5.41) is 12.4. The van der Waals surface area contributed by atoms with E-state index in [-0.39, 0.29) is 16.6 Å². The zero-order valence-corrected chi connectivity index (χ0v) is 11.7. The lowest BCUT2D eigenvalue weighted by atomic mass is 9.95. The molecule has 1 atom stereocenters. The standard InChI is InChI=1S/C13H19ClN2O2/c1-4-9(5-2)8(3)16-12-11(14)10(13(17)18)6-7-15-12/h6-9H,4-5H2,1-3H3,(H,15,16)(H,17,18). The lowest BCUT2D eigenvalue weighted by Gasteiger charge is -2.23. The van der Waals surface area contributed by atoms with Gasteiger partial charge in [-0.25, -0.2) is 9.78 Å². The molecule has 0 radical (unpaired) electrons. The minimum absolute atomic E-state index is 0.0749. The van der Waals surface area contributed by atoms with Crippen LogP contribution in [0.15, 0.2) is 12.3 Å². The fraction of sp³-hybridized carbons (Fsp3) is 0.538. The topological polar surface area (TPSA) is 62.2 Å². The molecule has 1 rings (SSSR count). The lowest BCUT2D eigenvalue weighted by Crippen LogP contribution is -2.25. The summed E-state index contributed by atoms with van der Waals surface area (Å²) in [4.78, 5) is 15.1. The van der Waals surface area contributed by atoms with Crippen molar-refractivity contribution < 1.29 is 9.90 Å². The minimum atomic E-state index is -1.04. The van der Waals surface area contributed by atoms with Crippen molar-refractivity contribution in [3.63, 3.8) is 0 Å². The second kappa shape index (κ2) is 6.59. The van der Waals surface area contributed by atoms with Crippen LogP contribution in [0.2, 0.25) is 5.02 Å². The van der Waals surface area contributed by atoms with Crippen molar-refractivity contribution >= 4 is 23.4 Å². The Morgan fingerprint density at radius 3 is 2.61 bits per heavy atom. The molecule has 0 saturated heterocycles. The number of carbonyl (C=O) groups is 1. The maximum absolute atomic E-state index is 11.0. The van der Waals surface area contributed by atoms with Gasteiger partial charge < -0.3 is 10.4 Å². The molecule has 1 aromatic heterocycles. The molecule has 1 aromatic rings. The van der Waals surface area contributed by atoms with Crippen molar-refractivity contribution in [2.45, 2.75) is 39.7 Å². The van der Waals surface area contributed by atoms with Gasteiger partial charge in [-0.05, 0) is 18.9 Å². The Hall–Kier alpha value is -1.29. The summed E-state index contributed by atoms with van der Waals surface area (Å²) in [6.07, 6.45) is 3.57. The van der Waals surface area contributed by atoms with Crippen molar-refractivity contribution in [3.8, 4) is 0 Å². The maximum atomic E-state index is 11.0. The first-order valence-electron chi connectivity index (χ1n) is 6.15. The molecule has 0 aliphatic rings. The summed E-state index contributed by atoms with van der Waals surface area (Å²) in [6.45, 7) is 6.33. The van der Waals surface area contributed by atoms with Gasteiger partial charge in [0.25, 0.3) is 0 Å². The van der Waals surface area contributed by atoms with Crippen molar-refractivity contribution in [1.82, 2.24) is 4.98 Å². The highest BCUT2D eigenvalue weighted by molar-refractivity contribution is 6.35. The van der Waals surface area contributed by atoms with Gasteiger partial charge in [0.2, 0.25) is 0 Å². The third kappa shape index (κ3) is 3.35. The van der Waals surface area contributed by atoms with E-state index >= 15 is 0 Å². The van der Waals surface area contributed by atoms with Crippen LogP contribution in [0.4, 0.5) is 5.82 Å². The first-order valence-corrected chi connectivity index (χ1v) is 6.53. The molecule has 1 heterocycles. The van der Waals surface area contributed by atoms with Crippen molar-refractivity contribution in [2.24, 2.45) is 5.92 Å². The van der Waals surface area contributed by atoms with Crippen LogP contribution in [0.5, 0.6) is 0 Å². The zero-order valence-electron chi connectivity index (χ0n) is 10.9. The average Bonchev–Trinajstić information content (AvgIpc) is 2.33. The molecular weight excluding hydrogens is 252 g/mol. The molecule has 0 amide bonds. The highest BCUT2D eigenvalue weighted by atomic mass is 35.5. The smallest absolute Gasteiger partial charge is 0.337 e. The average molecular weight is 271 g/mol. The molecule has 0 fully saturated rings. The molecule has 0 spiro atoms. The Labute approximate surface area is 112 Å². The van der Waals surface area contributed by atoms with E-state index in [9.17, 15) is 4.79 Å². The van der Waals surface area contributed by atoms with Crippen molar-refractivity contribution in [2.75, 3.05) is 5.32 Å². The molecule has 0 aliphatic carbocycles. The predicted octanol–water partition coefficient (Wildman–Crippen LogP) is 3.67. The molecule has 2 N–H and O–H groups in total. The number of halogens is 1. The van der Waals surface area contributed by atoms with E-state index in [1.165, 1.54) is 12.3 Å². The monoisotopic (exact) mass is 270 g/mol. The number of hydrogen-bond acceptors (Lipinski definition) is 3. The van der Waals surface area contributed by atoms with Gasteiger partial charge in [0, 0.05) is 12.2 Å². The number of carboxylic acid groups (broad SMARTS) is 1. The van der Waals surface area contributed by atoms with E-state index in [1.54, 1.807) is 0 Å². The Kier molecular flexibility index (Phi) is 5.41. The van der Waals surface area contributed by atoms with Gasteiger partial charge in [0.05, 0.1) is 10.6 Å². The van der Waals surface area contributed by atoms with Crippen molar-refractivity contribution in [1.29, 1.82) is 0 Å². The third-order valence-electron chi connectivity index (χ3n) is 3.24. The number of anilines is 1. The van der Waals surface area contributed by atoms with E-state index in [1.807, 2.05) is 0 Å². The van der Waals surface area contributed by atoms with Crippen molar-refractivity contribution in [3.05, 3.63) is 22.8 Å². The Bertz CT molecular complexity index is 419. The minimum Gasteiger partial charge on any atom is -0.478 e. The van der Waals surface area contributed by atoms with Crippen LogP contribution in [0.3, 0.4) is 0 Å². The van der Waals surface area contributed by atoms with Crippen LogP contribution in [-0.2, 0) is 0 Å². The van der Waals surface area contributed by atoms with Crippen LogP contribution in [0.1, 0.15) is 44.0 Å². The maximum Gasteiger partial charge on any atom is 0.337 e. The molecule has 0 aliphatic heterocycles. The highest BCUT2D eigenvalue weighted by Gasteiger charge is 2.18. The second-order valence-electron chi connectivity index (χ2n) is 4.34. The Balaban J connectivity index is 2.91. The van der Waals surface area contributed by atoms with Gasteiger partial charge in [0.15, 0.2) is 0 Å². The SMILES string of the molecule is CCC(CC)C(C)Nc1nccc(C(=O)O)c1Cl. The Morgan fingerprint density at radius 2 is 2.11 bits per heavy atom. The summed E-state index contributed by atoms with van der Waals surface area (Å²) < 4.78 is 0. The lowest BCUT2D eigenvalue weighted by molar-refractivity contribution is 0.0697. The normalized spacial score (nSPS) is 12.5. The number of pyridine rings is 1. The van der Waals surface area contributed by atoms with E-state index in [2.05, 4.69) is 31.1 Å². The Morgan fingerprint density at radius 1 is 1.50 bits per heavy atom. The second-order valence-corrected chi connectivity index (χ2v) is 4.71. The predicted molar refractivity (Wildman–Crippen MR) is 73.4 cm³/mol. The number of nitrogens with one attached hydrogen (secondary N) is 1. The summed E-state index contributed by atoms with van der Waals surface area (Å²) in [7, 11) is 0. The van der Waals surface area contributed by atoms with Crippen LogP contribution in [0.25, 0.3) is 0 Å². The summed E-state index contributed by atoms with van der Waals surface area (Å²) in [6, 6.07) is 1.60. The fourth-order valence-corrected chi connectivity index (χ4v) is 2.29. The van der Waals surface area contributed by atoms with Gasteiger partial charge in [-0.1, -0.05) is 38.3 Å². The van der Waals surface area contributed by atoms with Crippen LogP contribution < -0.4 is 5.32 Å². The van der Waals surface area contributed by atoms with Crippen LogP contribution in [-0.4, -0.2) is 22.1 Å². The summed E-state index contributed by atoms with van der Waals surface area (Å²) >= 11 is 6.03. The number of rotatable bonds is 6. The zero-order chi connectivity index (χ0) is 13.7. The quantitative estimate of drug-likeness (QED) is 0.828. The first-order chi connectivity index (χ1) is 8.51. The molecule has 100 valence electrons. The van der Waals surface area contributed by atoms with E-state index in [4.69, 9.17) is 16.7 Å². The molecular formula is C13H19ClN2O2. The summed E-state index contributed by atoms with van der Waals surface area (Å²) in [5.41, 5.74) is 0.0749. The molecule has 1 unspecified atom stereocenters. The number of hydrogen-bond donors (Lipinski definition) is 2. The molecule has 0 saturated carbocycles.